The quantitative estimate of drug-likeness (QED) is 0.475. The number of pyridine rings is 1. The summed E-state index contributed by atoms with van der Waals surface area (Å²) in [7, 11) is 0. The number of fused-ring (bicyclic) bond motifs is 1. The molecule has 4 rings (SSSR count). The second-order valence-electron chi connectivity index (χ2n) is 7.98. The van der Waals surface area contributed by atoms with E-state index in [1.54, 1.807) is 0 Å². The third kappa shape index (κ3) is 4.23. The average Bonchev–Trinajstić information content (AvgIpc) is 2.84. The summed E-state index contributed by atoms with van der Waals surface area (Å²) in [6.45, 7) is 1.86. The number of benzene rings is 3. The van der Waals surface area contributed by atoms with Gasteiger partial charge in [0.1, 0.15) is 6.04 Å². The Morgan fingerprint density at radius 1 is 0.844 bits per heavy atom. The number of carbonyl (C=O) groups excluding carboxylic acids is 2. The molecule has 0 aliphatic heterocycles. The first kappa shape index (κ1) is 21.2. The van der Waals surface area contributed by atoms with E-state index in [1.165, 1.54) is 0 Å². The first-order chi connectivity index (χ1) is 15.5. The Bertz CT molecular complexity index is 1200. The first-order valence-corrected chi connectivity index (χ1v) is 10.5. The predicted octanol–water partition coefficient (Wildman–Crippen LogP) is 3.75. The first-order valence-electron chi connectivity index (χ1n) is 10.5. The van der Waals surface area contributed by atoms with E-state index in [2.05, 4.69) is 10.3 Å². The third-order valence-electron chi connectivity index (χ3n) is 5.87. The molecule has 1 heterocycles. The molecule has 0 unspecified atom stereocenters. The van der Waals surface area contributed by atoms with Crippen LogP contribution < -0.4 is 11.1 Å². The SMILES string of the molecule is CC(C(=O)N[C@H](Cc1ccc2ccccc2n1)C(N)=O)(c1ccccc1)c1ccccc1. The number of carbonyl (C=O) groups is 2. The van der Waals surface area contributed by atoms with Crippen LogP contribution in [0.5, 0.6) is 0 Å². The molecule has 0 aliphatic carbocycles. The normalized spacial score (nSPS) is 12.3. The molecule has 5 heteroatoms. The van der Waals surface area contributed by atoms with E-state index in [1.807, 2.05) is 104 Å². The van der Waals surface area contributed by atoms with Crippen molar-refractivity contribution in [2.75, 3.05) is 0 Å². The summed E-state index contributed by atoms with van der Waals surface area (Å²) < 4.78 is 0. The van der Waals surface area contributed by atoms with Crippen LogP contribution in [0.3, 0.4) is 0 Å². The van der Waals surface area contributed by atoms with Crippen LogP contribution in [0.15, 0.2) is 97.1 Å². The maximum atomic E-state index is 13.6. The highest BCUT2D eigenvalue weighted by Gasteiger charge is 2.38. The van der Waals surface area contributed by atoms with Gasteiger partial charge in [-0.2, -0.15) is 0 Å². The number of para-hydroxylation sites is 1. The lowest BCUT2D eigenvalue weighted by Gasteiger charge is -2.31. The van der Waals surface area contributed by atoms with Crippen LogP contribution >= 0.6 is 0 Å². The van der Waals surface area contributed by atoms with Crippen molar-refractivity contribution in [1.29, 1.82) is 0 Å². The summed E-state index contributed by atoms with van der Waals surface area (Å²) in [5, 5.41) is 3.91. The van der Waals surface area contributed by atoms with Crippen LogP contribution in [-0.2, 0) is 21.4 Å². The third-order valence-corrected chi connectivity index (χ3v) is 5.87. The van der Waals surface area contributed by atoms with Gasteiger partial charge in [0.25, 0.3) is 0 Å². The molecule has 2 amide bonds. The van der Waals surface area contributed by atoms with Crippen molar-refractivity contribution < 1.29 is 9.59 Å². The molecule has 5 nitrogen and oxygen atoms in total. The molecule has 0 fully saturated rings. The van der Waals surface area contributed by atoms with Gasteiger partial charge in [-0.05, 0) is 30.2 Å². The fourth-order valence-electron chi connectivity index (χ4n) is 3.93. The number of hydrogen-bond donors (Lipinski definition) is 2. The number of rotatable bonds is 7. The van der Waals surface area contributed by atoms with Gasteiger partial charge in [-0.15, -0.1) is 0 Å². The highest BCUT2D eigenvalue weighted by atomic mass is 16.2. The Labute approximate surface area is 187 Å². The summed E-state index contributed by atoms with van der Waals surface area (Å²) in [6.07, 6.45) is 0.214. The van der Waals surface area contributed by atoms with Crippen molar-refractivity contribution in [2.45, 2.75) is 24.8 Å². The molecule has 0 aliphatic rings. The number of primary amides is 1. The standard InChI is InChI=1S/C27H25N3O2/c1-27(20-11-4-2-5-12-20,21-13-6-3-7-14-21)26(32)30-24(25(28)31)18-22-17-16-19-10-8-9-15-23(19)29-22/h2-17,24H,18H2,1H3,(H2,28,31)(H,30,32)/t24-/m1/s1. The van der Waals surface area contributed by atoms with Crippen LogP contribution in [0.25, 0.3) is 10.9 Å². The van der Waals surface area contributed by atoms with Crippen LogP contribution in [0.1, 0.15) is 23.7 Å². The lowest BCUT2D eigenvalue weighted by molar-refractivity contribution is -0.129. The second kappa shape index (κ2) is 9.02. The number of nitrogens with two attached hydrogens (primary N) is 1. The summed E-state index contributed by atoms with van der Waals surface area (Å²) in [5.41, 5.74) is 7.87. The molecule has 0 spiro atoms. The molecule has 3 aromatic carbocycles. The second-order valence-corrected chi connectivity index (χ2v) is 7.98. The Kier molecular flexibility index (Phi) is 5.99. The molecule has 0 saturated heterocycles. The average molecular weight is 424 g/mol. The van der Waals surface area contributed by atoms with Crippen molar-refractivity contribution in [1.82, 2.24) is 10.3 Å². The van der Waals surface area contributed by atoms with E-state index in [0.29, 0.717) is 5.69 Å². The monoisotopic (exact) mass is 423 g/mol. The summed E-state index contributed by atoms with van der Waals surface area (Å²) in [4.78, 5) is 30.6. The highest BCUT2D eigenvalue weighted by Crippen LogP contribution is 2.32. The minimum Gasteiger partial charge on any atom is -0.368 e. The number of nitrogens with one attached hydrogen (secondary N) is 1. The maximum Gasteiger partial charge on any atom is 0.240 e. The fraction of sp³-hybridized carbons (Fsp3) is 0.148. The van der Waals surface area contributed by atoms with Gasteiger partial charge in [0, 0.05) is 17.5 Å². The van der Waals surface area contributed by atoms with E-state index in [0.717, 1.165) is 22.0 Å². The molecule has 0 radical (unpaired) electrons. The van der Waals surface area contributed by atoms with Crippen LogP contribution in [0.4, 0.5) is 0 Å². The van der Waals surface area contributed by atoms with Crippen molar-refractivity contribution in [2.24, 2.45) is 5.73 Å². The van der Waals surface area contributed by atoms with E-state index in [9.17, 15) is 9.59 Å². The Morgan fingerprint density at radius 3 is 2.00 bits per heavy atom. The van der Waals surface area contributed by atoms with Gasteiger partial charge in [-0.1, -0.05) is 84.9 Å². The van der Waals surface area contributed by atoms with Crippen molar-refractivity contribution in [3.63, 3.8) is 0 Å². The topological polar surface area (TPSA) is 85.1 Å². The summed E-state index contributed by atoms with van der Waals surface area (Å²) >= 11 is 0. The molecule has 3 N–H and O–H groups in total. The zero-order valence-corrected chi connectivity index (χ0v) is 17.9. The number of aromatic nitrogens is 1. The van der Waals surface area contributed by atoms with Gasteiger partial charge in [0.15, 0.2) is 0 Å². The van der Waals surface area contributed by atoms with Crippen LogP contribution in [0.2, 0.25) is 0 Å². The molecule has 0 saturated carbocycles. The van der Waals surface area contributed by atoms with Gasteiger partial charge in [-0.3, -0.25) is 14.6 Å². The molecule has 1 atom stereocenters. The smallest absolute Gasteiger partial charge is 0.240 e. The van der Waals surface area contributed by atoms with Gasteiger partial charge in [0.2, 0.25) is 11.8 Å². The van der Waals surface area contributed by atoms with Crippen molar-refractivity contribution in [3.05, 3.63) is 114 Å². The zero-order chi connectivity index (χ0) is 22.6. The molecular formula is C27H25N3O2. The molecule has 4 aromatic rings. The van der Waals surface area contributed by atoms with E-state index in [4.69, 9.17) is 5.73 Å². The lowest BCUT2D eigenvalue weighted by atomic mass is 9.75. The highest BCUT2D eigenvalue weighted by molar-refractivity contribution is 5.95. The number of nitrogens with zero attached hydrogens (tertiary/aromatic N) is 1. The van der Waals surface area contributed by atoms with Crippen LogP contribution in [0, 0.1) is 0 Å². The predicted molar refractivity (Wildman–Crippen MR) is 126 cm³/mol. The van der Waals surface area contributed by atoms with Gasteiger partial charge in [-0.25, -0.2) is 0 Å². The fourth-order valence-corrected chi connectivity index (χ4v) is 3.93. The molecule has 1 aromatic heterocycles. The van der Waals surface area contributed by atoms with Gasteiger partial charge in [0.05, 0.1) is 10.9 Å². The number of hydrogen-bond acceptors (Lipinski definition) is 3. The molecule has 0 bridgehead atoms. The minimum atomic E-state index is -0.993. The maximum absolute atomic E-state index is 13.6. The summed E-state index contributed by atoms with van der Waals surface area (Å²) in [5.74, 6) is -0.892. The minimum absolute atomic E-state index is 0.214. The van der Waals surface area contributed by atoms with Gasteiger partial charge >= 0.3 is 0 Å². The summed E-state index contributed by atoms with van der Waals surface area (Å²) in [6, 6.07) is 29.7. The molecule has 160 valence electrons. The number of amides is 2. The van der Waals surface area contributed by atoms with E-state index in [-0.39, 0.29) is 12.3 Å². The Morgan fingerprint density at radius 2 is 1.41 bits per heavy atom. The molecular weight excluding hydrogens is 398 g/mol. The zero-order valence-electron chi connectivity index (χ0n) is 17.9. The lowest BCUT2D eigenvalue weighted by Crippen LogP contribution is -2.52. The van der Waals surface area contributed by atoms with Crippen molar-refractivity contribution >= 4 is 22.7 Å². The van der Waals surface area contributed by atoms with Gasteiger partial charge < -0.3 is 11.1 Å². The van der Waals surface area contributed by atoms with Crippen molar-refractivity contribution in [3.8, 4) is 0 Å². The largest absolute Gasteiger partial charge is 0.368 e. The Hall–Kier alpha value is -3.99. The molecule has 32 heavy (non-hydrogen) atoms. The van der Waals surface area contributed by atoms with Crippen LogP contribution in [-0.4, -0.2) is 22.8 Å². The van der Waals surface area contributed by atoms with E-state index < -0.39 is 17.4 Å². The van der Waals surface area contributed by atoms with E-state index >= 15 is 0 Å². The Balaban J connectivity index is 1.65.